The summed E-state index contributed by atoms with van der Waals surface area (Å²) in [5.41, 5.74) is -0.229. The highest BCUT2D eigenvalue weighted by atomic mass is 79.9. The van der Waals surface area contributed by atoms with Crippen molar-refractivity contribution >= 4 is 33.5 Å². The predicted molar refractivity (Wildman–Crippen MR) is 61.1 cm³/mol. The van der Waals surface area contributed by atoms with Crippen molar-refractivity contribution in [2.75, 3.05) is 18.5 Å². The fraction of sp³-hybridized carbons (Fsp3) is 0.200. The normalized spacial score (nSPS) is 10.2. The smallest absolute Gasteiger partial charge is 0.329 e. The molecule has 98 valence electrons. The van der Waals surface area contributed by atoms with Crippen molar-refractivity contribution in [2.45, 2.75) is 0 Å². The van der Waals surface area contributed by atoms with Gasteiger partial charge in [0.2, 0.25) is 5.91 Å². The first-order valence-electron chi connectivity index (χ1n) is 4.64. The van der Waals surface area contributed by atoms with Crippen LogP contribution in [0.4, 0.5) is 14.5 Å². The van der Waals surface area contributed by atoms with Gasteiger partial charge in [0.1, 0.15) is 24.8 Å². The molecule has 0 unspecified atom stereocenters. The molecule has 0 saturated carbocycles. The first-order chi connectivity index (χ1) is 8.40. The number of carboxylic acid groups (broad SMARTS) is 1. The lowest BCUT2D eigenvalue weighted by atomic mass is 10.3. The van der Waals surface area contributed by atoms with Crippen molar-refractivity contribution in [3.8, 4) is 0 Å². The van der Waals surface area contributed by atoms with Crippen LogP contribution in [0.5, 0.6) is 0 Å². The lowest BCUT2D eigenvalue weighted by Gasteiger charge is -2.07. The second kappa shape index (κ2) is 6.41. The second-order valence-corrected chi connectivity index (χ2v) is 4.04. The molecule has 0 saturated heterocycles. The molecule has 2 N–H and O–H groups in total. The third-order valence-electron chi connectivity index (χ3n) is 1.74. The van der Waals surface area contributed by atoms with Crippen LogP contribution in [0.3, 0.4) is 0 Å². The van der Waals surface area contributed by atoms with Crippen LogP contribution in [0.1, 0.15) is 0 Å². The highest BCUT2D eigenvalue weighted by Gasteiger charge is 2.11. The number of rotatable bonds is 5. The van der Waals surface area contributed by atoms with Crippen LogP contribution in [0.2, 0.25) is 0 Å². The van der Waals surface area contributed by atoms with Gasteiger partial charge in [0.25, 0.3) is 0 Å². The molecule has 1 aromatic rings. The predicted octanol–water partition coefficient (Wildman–Crippen LogP) is 1.77. The maximum atomic E-state index is 13.2. The Labute approximate surface area is 109 Å². The SMILES string of the molecule is O=C(O)COCC(=O)Nc1cc(Br)c(F)cc1F. The minimum Gasteiger partial charge on any atom is -0.480 e. The molecule has 1 amide bonds. The van der Waals surface area contributed by atoms with Crippen molar-refractivity contribution in [1.29, 1.82) is 0 Å². The minimum atomic E-state index is -1.22. The summed E-state index contributed by atoms with van der Waals surface area (Å²) in [7, 11) is 0. The Morgan fingerprint density at radius 3 is 2.56 bits per heavy atom. The Bertz CT molecular complexity index is 481. The number of ether oxygens (including phenoxy) is 1. The largest absolute Gasteiger partial charge is 0.480 e. The standard InChI is InChI=1S/C10H8BrF2NO4/c11-5-1-8(7(13)2-6(5)12)14-9(15)3-18-4-10(16)17/h1-2H,3-4H2,(H,14,15)(H,16,17). The van der Waals surface area contributed by atoms with Crippen LogP contribution in [-0.2, 0) is 14.3 Å². The molecular weight excluding hydrogens is 316 g/mol. The third kappa shape index (κ3) is 4.38. The zero-order valence-electron chi connectivity index (χ0n) is 8.87. The Kier molecular flexibility index (Phi) is 5.17. The number of carboxylic acids is 1. The maximum absolute atomic E-state index is 13.2. The summed E-state index contributed by atoms with van der Waals surface area (Å²) in [5, 5.41) is 10.4. The van der Waals surface area contributed by atoms with Gasteiger partial charge in [-0.15, -0.1) is 0 Å². The summed E-state index contributed by atoms with van der Waals surface area (Å²) in [6, 6.07) is 1.66. The van der Waals surface area contributed by atoms with E-state index >= 15 is 0 Å². The van der Waals surface area contributed by atoms with E-state index in [0.29, 0.717) is 6.07 Å². The van der Waals surface area contributed by atoms with Gasteiger partial charge < -0.3 is 15.2 Å². The summed E-state index contributed by atoms with van der Waals surface area (Å²) in [4.78, 5) is 21.3. The molecular formula is C10H8BrF2NO4. The molecule has 0 aliphatic rings. The number of benzene rings is 1. The molecule has 0 bridgehead atoms. The average Bonchev–Trinajstić information content (AvgIpc) is 2.25. The molecule has 5 nitrogen and oxygen atoms in total. The van der Waals surface area contributed by atoms with E-state index in [0.717, 1.165) is 6.07 Å². The van der Waals surface area contributed by atoms with E-state index in [1.807, 2.05) is 0 Å². The number of carbonyl (C=O) groups excluding carboxylic acids is 1. The molecule has 1 rings (SSSR count). The number of nitrogens with one attached hydrogen (secondary N) is 1. The summed E-state index contributed by atoms with van der Waals surface area (Å²) in [6.07, 6.45) is 0. The number of hydrogen-bond acceptors (Lipinski definition) is 3. The average molecular weight is 324 g/mol. The third-order valence-corrected chi connectivity index (χ3v) is 2.35. The van der Waals surface area contributed by atoms with Crippen LogP contribution in [0.25, 0.3) is 0 Å². The van der Waals surface area contributed by atoms with Gasteiger partial charge in [-0.3, -0.25) is 4.79 Å². The van der Waals surface area contributed by atoms with Gasteiger partial charge in [-0.05, 0) is 22.0 Å². The number of carbonyl (C=O) groups is 2. The molecule has 8 heteroatoms. The van der Waals surface area contributed by atoms with Crippen molar-refractivity contribution in [3.05, 3.63) is 28.2 Å². The first-order valence-corrected chi connectivity index (χ1v) is 5.43. The molecule has 0 radical (unpaired) electrons. The minimum absolute atomic E-state index is 0.00865. The highest BCUT2D eigenvalue weighted by molar-refractivity contribution is 9.10. The van der Waals surface area contributed by atoms with Gasteiger partial charge in [-0.1, -0.05) is 0 Å². The van der Waals surface area contributed by atoms with E-state index in [4.69, 9.17) is 5.11 Å². The first kappa shape index (κ1) is 14.5. The van der Waals surface area contributed by atoms with Gasteiger partial charge in [0, 0.05) is 6.07 Å². The number of aliphatic carboxylic acids is 1. The molecule has 0 aliphatic carbocycles. The van der Waals surface area contributed by atoms with Crippen molar-refractivity contribution in [2.24, 2.45) is 0 Å². The van der Waals surface area contributed by atoms with E-state index < -0.39 is 36.7 Å². The number of halogens is 3. The lowest BCUT2D eigenvalue weighted by Crippen LogP contribution is -2.21. The zero-order chi connectivity index (χ0) is 13.7. The van der Waals surface area contributed by atoms with Gasteiger partial charge in [-0.2, -0.15) is 0 Å². The quantitative estimate of drug-likeness (QED) is 0.810. The number of amides is 1. The molecule has 18 heavy (non-hydrogen) atoms. The topological polar surface area (TPSA) is 75.6 Å². The number of anilines is 1. The molecule has 0 aromatic heterocycles. The van der Waals surface area contributed by atoms with Gasteiger partial charge in [0.05, 0.1) is 10.2 Å². The molecule has 1 aromatic carbocycles. The summed E-state index contributed by atoms with van der Waals surface area (Å²) >= 11 is 2.84. The molecule has 0 atom stereocenters. The van der Waals surface area contributed by atoms with Gasteiger partial charge in [-0.25, -0.2) is 13.6 Å². The Balaban J connectivity index is 2.59. The molecule has 0 aliphatic heterocycles. The summed E-state index contributed by atoms with van der Waals surface area (Å²) < 4.78 is 30.6. The summed E-state index contributed by atoms with van der Waals surface area (Å²) in [6.45, 7) is -1.18. The Hall–Kier alpha value is -1.54. The van der Waals surface area contributed by atoms with Crippen LogP contribution >= 0.6 is 15.9 Å². The van der Waals surface area contributed by atoms with Crippen molar-refractivity contribution in [1.82, 2.24) is 0 Å². The van der Waals surface area contributed by atoms with E-state index in [9.17, 15) is 18.4 Å². The molecule has 0 fully saturated rings. The molecule has 0 heterocycles. The highest BCUT2D eigenvalue weighted by Crippen LogP contribution is 2.23. The van der Waals surface area contributed by atoms with Crippen molar-refractivity contribution in [3.63, 3.8) is 0 Å². The maximum Gasteiger partial charge on any atom is 0.329 e. The van der Waals surface area contributed by atoms with Crippen molar-refractivity contribution < 1.29 is 28.2 Å². The van der Waals surface area contributed by atoms with E-state index in [1.54, 1.807) is 0 Å². The van der Waals surface area contributed by atoms with Gasteiger partial charge in [0.15, 0.2) is 0 Å². The Morgan fingerprint density at radius 2 is 1.94 bits per heavy atom. The van der Waals surface area contributed by atoms with E-state index in [2.05, 4.69) is 26.0 Å². The monoisotopic (exact) mass is 323 g/mol. The fourth-order valence-electron chi connectivity index (χ4n) is 1.04. The van der Waals surface area contributed by atoms with Crippen LogP contribution in [0, 0.1) is 11.6 Å². The van der Waals surface area contributed by atoms with E-state index in [-0.39, 0.29) is 10.2 Å². The Morgan fingerprint density at radius 1 is 1.28 bits per heavy atom. The molecule has 0 spiro atoms. The number of hydrogen-bond donors (Lipinski definition) is 2. The lowest BCUT2D eigenvalue weighted by molar-refractivity contribution is -0.143. The summed E-state index contributed by atoms with van der Waals surface area (Å²) in [5.74, 6) is -3.71. The van der Waals surface area contributed by atoms with Crippen LogP contribution in [-0.4, -0.2) is 30.2 Å². The van der Waals surface area contributed by atoms with Crippen LogP contribution < -0.4 is 5.32 Å². The second-order valence-electron chi connectivity index (χ2n) is 3.18. The van der Waals surface area contributed by atoms with Crippen LogP contribution in [0.15, 0.2) is 16.6 Å². The fourth-order valence-corrected chi connectivity index (χ4v) is 1.38. The van der Waals surface area contributed by atoms with Gasteiger partial charge >= 0.3 is 5.97 Å². The zero-order valence-corrected chi connectivity index (χ0v) is 10.5. The van der Waals surface area contributed by atoms with E-state index in [1.165, 1.54) is 0 Å².